The molecule has 8 heteroatoms. The van der Waals surface area contributed by atoms with Crippen LogP contribution in [0.4, 0.5) is 5.69 Å². The quantitative estimate of drug-likeness (QED) is 0.710. The number of rotatable bonds is 5. The molecule has 2 saturated heterocycles. The van der Waals surface area contributed by atoms with Gasteiger partial charge < -0.3 is 14.7 Å². The summed E-state index contributed by atoms with van der Waals surface area (Å²) in [5, 5.41) is 0.759. The Labute approximate surface area is 178 Å². The number of amides is 2. The second-order valence-electron chi connectivity index (χ2n) is 8.14. The van der Waals surface area contributed by atoms with E-state index in [0.717, 1.165) is 44.3 Å². The second kappa shape index (κ2) is 9.78. The lowest BCUT2D eigenvalue weighted by molar-refractivity contribution is -0.135. The number of benzene rings is 1. The minimum Gasteiger partial charge on any atom is -0.369 e. The average Bonchev–Trinajstić information content (AvgIpc) is 2.71. The Morgan fingerprint density at radius 1 is 0.931 bits per heavy atom. The lowest BCUT2D eigenvalue weighted by Crippen LogP contribution is -2.54. The van der Waals surface area contributed by atoms with Crippen molar-refractivity contribution >= 4 is 29.1 Å². The molecule has 7 nitrogen and oxygen atoms in total. The summed E-state index contributed by atoms with van der Waals surface area (Å²) >= 11 is 6.16. The first kappa shape index (κ1) is 21.9. The Bertz CT molecular complexity index is 726. The summed E-state index contributed by atoms with van der Waals surface area (Å²) in [6.07, 6.45) is 0. The molecule has 0 radical (unpaired) electrons. The van der Waals surface area contributed by atoms with Gasteiger partial charge in [-0.15, -0.1) is 0 Å². The molecule has 0 aliphatic carbocycles. The van der Waals surface area contributed by atoms with Crippen LogP contribution in [0.25, 0.3) is 0 Å². The number of nitrogens with zero attached hydrogens (tertiary/aromatic N) is 5. The van der Waals surface area contributed by atoms with E-state index < -0.39 is 0 Å². The smallest absolute Gasteiger partial charge is 0.236 e. The summed E-state index contributed by atoms with van der Waals surface area (Å²) in [6.45, 7) is 9.45. The largest absolute Gasteiger partial charge is 0.369 e. The van der Waals surface area contributed by atoms with Gasteiger partial charge >= 0.3 is 0 Å². The fraction of sp³-hybridized carbons (Fsp3) is 0.619. The highest BCUT2D eigenvalue weighted by Crippen LogP contribution is 2.25. The second-order valence-corrected chi connectivity index (χ2v) is 8.58. The molecule has 0 atom stereocenters. The molecule has 2 fully saturated rings. The molecule has 2 aliphatic heterocycles. The molecule has 29 heavy (non-hydrogen) atoms. The number of hydrogen-bond donors (Lipinski definition) is 0. The number of anilines is 1. The van der Waals surface area contributed by atoms with Crippen LogP contribution in [-0.2, 0) is 9.59 Å². The number of aryl methyl sites for hydroxylation is 1. The average molecular weight is 422 g/mol. The van der Waals surface area contributed by atoms with Crippen LogP contribution in [0.1, 0.15) is 5.56 Å². The Morgan fingerprint density at radius 2 is 1.52 bits per heavy atom. The Balaban J connectivity index is 1.42. The Hall–Kier alpha value is -1.83. The van der Waals surface area contributed by atoms with Crippen molar-refractivity contribution in [1.29, 1.82) is 0 Å². The van der Waals surface area contributed by atoms with Gasteiger partial charge in [0.25, 0.3) is 0 Å². The first-order valence-corrected chi connectivity index (χ1v) is 10.6. The molecule has 2 heterocycles. The first-order chi connectivity index (χ1) is 13.8. The fourth-order valence-electron chi connectivity index (χ4n) is 3.85. The first-order valence-electron chi connectivity index (χ1n) is 10.3. The maximum Gasteiger partial charge on any atom is 0.236 e. The van der Waals surface area contributed by atoms with Crippen molar-refractivity contribution in [2.24, 2.45) is 0 Å². The maximum absolute atomic E-state index is 12.7. The van der Waals surface area contributed by atoms with Crippen LogP contribution >= 0.6 is 11.6 Å². The van der Waals surface area contributed by atoms with E-state index in [9.17, 15) is 9.59 Å². The number of carbonyl (C=O) groups is 2. The molecule has 0 bridgehead atoms. The molecule has 2 aliphatic rings. The summed E-state index contributed by atoms with van der Waals surface area (Å²) in [6, 6.07) is 6.00. The maximum atomic E-state index is 12.7. The van der Waals surface area contributed by atoms with Crippen molar-refractivity contribution in [1.82, 2.24) is 19.6 Å². The molecule has 0 saturated carbocycles. The highest BCUT2D eigenvalue weighted by Gasteiger charge is 2.26. The van der Waals surface area contributed by atoms with Gasteiger partial charge in [0.05, 0.1) is 13.1 Å². The number of hydrogen-bond acceptors (Lipinski definition) is 5. The molecule has 3 rings (SSSR count). The molecule has 0 unspecified atom stereocenters. The summed E-state index contributed by atoms with van der Waals surface area (Å²) < 4.78 is 0. The molecular formula is C21H32ClN5O2. The van der Waals surface area contributed by atoms with E-state index in [1.165, 1.54) is 11.3 Å². The van der Waals surface area contributed by atoms with Crippen LogP contribution in [0.2, 0.25) is 5.02 Å². The van der Waals surface area contributed by atoms with Gasteiger partial charge in [-0.2, -0.15) is 0 Å². The van der Waals surface area contributed by atoms with Gasteiger partial charge in [-0.3, -0.25) is 19.4 Å². The predicted octanol–water partition coefficient (Wildman–Crippen LogP) is 1.00. The predicted molar refractivity (Wildman–Crippen MR) is 117 cm³/mol. The zero-order valence-corrected chi connectivity index (χ0v) is 18.5. The van der Waals surface area contributed by atoms with E-state index in [4.69, 9.17) is 11.6 Å². The van der Waals surface area contributed by atoms with Gasteiger partial charge in [-0.1, -0.05) is 17.7 Å². The SMILES string of the molecule is Cc1ccc(Cl)cc1N1CCN(CC(=O)N2CCN(CC(=O)N(C)C)CC2)CC1. The summed E-state index contributed by atoms with van der Waals surface area (Å²) in [5.41, 5.74) is 2.41. The third kappa shape index (κ3) is 5.84. The van der Waals surface area contributed by atoms with E-state index >= 15 is 0 Å². The van der Waals surface area contributed by atoms with Crippen molar-refractivity contribution in [3.8, 4) is 0 Å². The van der Waals surface area contributed by atoms with Crippen molar-refractivity contribution in [3.63, 3.8) is 0 Å². The highest BCUT2D eigenvalue weighted by molar-refractivity contribution is 6.30. The van der Waals surface area contributed by atoms with Crippen LogP contribution in [0, 0.1) is 6.92 Å². The van der Waals surface area contributed by atoms with Gasteiger partial charge in [0.2, 0.25) is 11.8 Å². The molecule has 160 valence electrons. The van der Waals surface area contributed by atoms with E-state index in [-0.39, 0.29) is 11.8 Å². The standard InChI is InChI=1S/C21H32ClN5O2/c1-17-4-5-18(22)14-19(17)26-10-6-25(7-11-26)16-21(29)27-12-8-24(9-13-27)15-20(28)23(2)3/h4-5,14H,6-13,15-16H2,1-3H3. The lowest BCUT2D eigenvalue weighted by atomic mass is 10.1. The van der Waals surface area contributed by atoms with Crippen molar-refractivity contribution in [2.45, 2.75) is 6.92 Å². The molecule has 1 aromatic rings. The van der Waals surface area contributed by atoms with Crippen LogP contribution in [-0.4, -0.2) is 111 Å². The summed E-state index contributed by atoms with van der Waals surface area (Å²) in [5.74, 6) is 0.300. The van der Waals surface area contributed by atoms with Gasteiger partial charge in [0.1, 0.15) is 0 Å². The number of piperazine rings is 2. The van der Waals surface area contributed by atoms with Crippen LogP contribution in [0.5, 0.6) is 0 Å². The van der Waals surface area contributed by atoms with Crippen molar-refractivity contribution in [2.75, 3.05) is 84.4 Å². The zero-order chi connectivity index (χ0) is 21.0. The molecule has 0 N–H and O–H groups in total. The van der Waals surface area contributed by atoms with Crippen molar-refractivity contribution < 1.29 is 9.59 Å². The normalized spacial score (nSPS) is 18.8. The fourth-order valence-corrected chi connectivity index (χ4v) is 4.02. The third-order valence-electron chi connectivity index (χ3n) is 5.83. The van der Waals surface area contributed by atoms with Crippen LogP contribution in [0.3, 0.4) is 0 Å². The van der Waals surface area contributed by atoms with Crippen LogP contribution in [0.15, 0.2) is 18.2 Å². The highest BCUT2D eigenvalue weighted by atomic mass is 35.5. The van der Waals surface area contributed by atoms with Gasteiger partial charge in [0, 0.05) is 77.2 Å². The minimum absolute atomic E-state index is 0.109. The summed E-state index contributed by atoms with van der Waals surface area (Å²) in [7, 11) is 3.55. The molecule has 0 spiro atoms. The minimum atomic E-state index is 0.109. The molecule has 2 amide bonds. The Kier molecular flexibility index (Phi) is 7.38. The number of carbonyl (C=O) groups excluding carboxylic acids is 2. The monoisotopic (exact) mass is 421 g/mol. The van der Waals surface area contributed by atoms with E-state index in [1.54, 1.807) is 19.0 Å². The van der Waals surface area contributed by atoms with Gasteiger partial charge in [0.15, 0.2) is 0 Å². The number of halogens is 1. The molecule has 0 aromatic heterocycles. The van der Waals surface area contributed by atoms with Gasteiger partial charge in [-0.05, 0) is 24.6 Å². The molecule has 1 aromatic carbocycles. The van der Waals surface area contributed by atoms with Gasteiger partial charge in [-0.25, -0.2) is 0 Å². The lowest BCUT2D eigenvalue weighted by Gasteiger charge is -2.39. The zero-order valence-electron chi connectivity index (χ0n) is 17.7. The number of likely N-dealkylation sites (N-methyl/N-ethyl adjacent to an activating group) is 1. The van der Waals surface area contributed by atoms with E-state index in [2.05, 4.69) is 27.7 Å². The van der Waals surface area contributed by atoms with E-state index in [0.29, 0.717) is 26.2 Å². The Morgan fingerprint density at radius 3 is 2.14 bits per heavy atom. The molecular weight excluding hydrogens is 390 g/mol. The van der Waals surface area contributed by atoms with Crippen molar-refractivity contribution in [3.05, 3.63) is 28.8 Å². The van der Waals surface area contributed by atoms with E-state index in [1.807, 2.05) is 17.0 Å². The topological polar surface area (TPSA) is 50.3 Å². The van der Waals surface area contributed by atoms with Crippen LogP contribution < -0.4 is 4.90 Å². The summed E-state index contributed by atoms with van der Waals surface area (Å²) in [4.78, 5) is 34.8. The third-order valence-corrected chi connectivity index (χ3v) is 6.06.